The molecule has 2 heterocycles. The number of rotatable bonds is 5. The maximum absolute atomic E-state index is 6.90. The van der Waals surface area contributed by atoms with Gasteiger partial charge in [0.2, 0.25) is 6.29 Å². The fourth-order valence-electron chi connectivity index (χ4n) is 1.31. The molecule has 0 bridgehead atoms. The average molecular weight is 216 g/mol. The first-order chi connectivity index (χ1) is 7.92. The van der Waals surface area contributed by atoms with Crippen LogP contribution in [0.1, 0.15) is 6.29 Å². The highest BCUT2D eigenvalue weighted by Crippen LogP contribution is 2.03. The predicted molar refractivity (Wildman–Crippen MR) is 59.9 cm³/mol. The molecule has 6 nitrogen and oxygen atoms in total. The van der Waals surface area contributed by atoms with Crippen LogP contribution in [0.2, 0.25) is 0 Å². The molecule has 0 aliphatic rings. The Bertz CT molecular complexity index is 407. The zero-order valence-electron chi connectivity index (χ0n) is 8.56. The van der Waals surface area contributed by atoms with Crippen molar-refractivity contribution in [1.82, 2.24) is 24.9 Å². The zero-order valence-corrected chi connectivity index (χ0v) is 8.56. The summed E-state index contributed by atoms with van der Waals surface area (Å²) < 4.78 is 3.47. The molecule has 2 rings (SSSR count). The van der Waals surface area contributed by atoms with Gasteiger partial charge >= 0.3 is 0 Å². The fraction of sp³-hybridized carbons (Fsp3) is 0.100. The highest BCUT2D eigenvalue weighted by atomic mass is 15.5. The molecule has 0 fully saturated rings. The van der Waals surface area contributed by atoms with E-state index in [-0.39, 0.29) is 6.29 Å². The van der Waals surface area contributed by atoms with E-state index in [1.165, 1.54) is 6.21 Å². The topological polar surface area (TPSA) is 71.5 Å². The summed E-state index contributed by atoms with van der Waals surface area (Å²) in [6.07, 6.45) is 11.4. The molecule has 0 saturated heterocycles. The van der Waals surface area contributed by atoms with E-state index in [9.17, 15) is 0 Å². The molecule has 0 aromatic carbocycles. The Labute approximate surface area is 92.7 Å². The summed E-state index contributed by atoms with van der Waals surface area (Å²) in [5.41, 5.74) is 0. The van der Waals surface area contributed by atoms with E-state index in [1.807, 2.05) is 24.5 Å². The van der Waals surface area contributed by atoms with Crippen molar-refractivity contribution in [2.75, 3.05) is 0 Å². The minimum atomic E-state index is -0.221. The lowest BCUT2D eigenvalue weighted by atomic mass is 10.6. The number of nitrogens with zero attached hydrogens (tertiary/aromatic N) is 4. The van der Waals surface area contributed by atoms with Gasteiger partial charge in [-0.15, -0.1) is 0 Å². The number of hydrogen-bond acceptors (Lipinski definition) is 4. The third-order valence-corrected chi connectivity index (χ3v) is 1.99. The molecule has 0 aliphatic carbocycles. The van der Waals surface area contributed by atoms with Crippen molar-refractivity contribution in [3.63, 3.8) is 0 Å². The molecule has 16 heavy (non-hydrogen) atoms. The Morgan fingerprint density at radius 2 is 1.75 bits per heavy atom. The van der Waals surface area contributed by atoms with Crippen molar-refractivity contribution >= 4 is 6.21 Å². The fourth-order valence-corrected chi connectivity index (χ4v) is 1.31. The molecule has 0 spiro atoms. The monoisotopic (exact) mass is 216 g/mol. The van der Waals surface area contributed by atoms with Crippen LogP contribution in [0.25, 0.3) is 0 Å². The summed E-state index contributed by atoms with van der Waals surface area (Å²) in [7, 11) is 0. The largest absolute Gasteiger partial charge is 0.352 e. The first-order valence-electron chi connectivity index (χ1n) is 4.82. The lowest BCUT2D eigenvalue weighted by Crippen LogP contribution is -2.30. The molecular formula is C10H12N6. The van der Waals surface area contributed by atoms with Gasteiger partial charge in [0, 0.05) is 37.2 Å². The van der Waals surface area contributed by atoms with Crippen LogP contribution in [0, 0.1) is 5.41 Å². The highest BCUT2D eigenvalue weighted by molar-refractivity contribution is 5.67. The van der Waals surface area contributed by atoms with Gasteiger partial charge in [-0.3, -0.25) is 0 Å². The third kappa shape index (κ3) is 2.17. The first-order valence-corrected chi connectivity index (χ1v) is 4.82. The Kier molecular flexibility index (Phi) is 3.12. The molecule has 0 aliphatic heterocycles. The van der Waals surface area contributed by atoms with E-state index < -0.39 is 0 Å². The molecule has 0 unspecified atom stereocenters. The summed E-state index contributed by atoms with van der Waals surface area (Å²) >= 11 is 0. The van der Waals surface area contributed by atoms with Crippen molar-refractivity contribution < 1.29 is 0 Å². The molecule has 2 N–H and O–H groups in total. The van der Waals surface area contributed by atoms with E-state index in [0.717, 1.165) is 0 Å². The second kappa shape index (κ2) is 4.92. The van der Waals surface area contributed by atoms with Crippen LogP contribution in [-0.2, 0) is 0 Å². The number of hydrogen-bond donors (Lipinski definition) is 2. The average Bonchev–Trinajstić information content (AvgIpc) is 2.97. The van der Waals surface area contributed by atoms with Crippen LogP contribution in [0.4, 0.5) is 0 Å². The number of nitrogens with one attached hydrogen (secondary N) is 2. The normalized spacial score (nSPS) is 11.1. The van der Waals surface area contributed by atoms with Crippen molar-refractivity contribution in [3.8, 4) is 0 Å². The van der Waals surface area contributed by atoms with Crippen molar-refractivity contribution in [3.05, 3.63) is 49.2 Å². The van der Waals surface area contributed by atoms with Crippen LogP contribution >= 0.6 is 0 Å². The maximum atomic E-state index is 6.90. The SMILES string of the molecule is N=C/C=C\NC(n1cccn1)n1cccn1. The van der Waals surface area contributed by atoms with Gasteiger partial charge < -0.3 is 10.7 Å². The summed E-state index contributed by atoms with van der Waals surface area (Å²) in [6, 6.07) is 3.69. The van der Waals surface area contributed by atoms with Crippen LogP contribution in [0.5, 0.6) is 0 Å². The van der Waals surface area contributed by atoms with Gasteiger partial charge in [-0.2, -0.15) is 10.2 Å². The second-order valence-corrected chi connectivity index (χ2v) is 3.04. The van der Waals surface area contributed by atoms with Gasteiger partial charge in [-0.05, 0) is 18.2 Å². The molecule has 2 aromatic rings. The smallest absolute Gasteiger partial charge is 0.216 e. The van der Waals surface area contributed by atoms with Crippen molar-refractivity contribution in [2.45, 2.75) is 6.29 Å². The quantitative estimate of drug-likeness (QED) is 0.727. The Morgan fingerprint density at radius 1 is 1.12 bits per heavy atom. The van der Waals surface area contributed by atoms with E-state index in [0.29, 0.717) is 0 Å². The number of aromatic nitrogens is 4. The molecule has 0 saturated carbocycles. The highest BCUT2D eigenvalue weighted by Gasteiger charge is 2.09. The molecule has 0 amide bonds. The van der Waals surface area contributed by atoms with Crippen LogP contribution < -0.4 is 5.32 Å². The minimum Gasteiger partial charge on any atom is -0.352 e. The van der Waals surface area contributed by atoms with Crippen LogP contribution in [0.3, 0.4) is 0 Å². The predicted octanol–water partition coefficient (Wildman–Crippen LogP) is 0.837. The Balaban J connectivity index is 2.20. The number of allylic oxidation sites excluding steroid dienone is 1. The zero-order chi connectivity index (χ0) is 11.2. The van der Waals surface area contributed by atoms with E-state index >= 15 is 0 Å². The second-order valence-electron chi connectivity index (χ2n) is 3.04. The lowest BCUT2D eigenvalue weighted by molar-refractivity contribution is 0.325. The van der Waals surface area contributed by atoms with Crippen molar-refractivity contribution in [1.29, 1.82) is 5.41 Å². The third-order valence-electron chi connectivity index (χ3n) is 1.99. The first kappa shape index (κ1) is 10.2. The van der Waals surface area contributed by atoms with Crippen LogP contribution in [0.15, 0.2) is 49.2 Å². The molecule has 0 atom stereocenters. The Morgan fingerprint density at radius 3 is 2.19 bits per heavy atom. The molecular weight excluding hydrogens is 204 g/mol. The van der Waals surface area contributed by atoms with Gasteiger partial charge in [0.05, 0.1) is 0 Å². The summed E-state index contributed by atoms with van der Waals surface area (Å²) in [5, 5.41) is 18.3. The molecule has 82 valence electrons. The van der Waals surface area contributed by atoms with Crippen molar-refractivity contribution in [2.24, 2.45) is 0 Å². The van der Waals surface area contributed by atoms with E-state index in [4.69, 9.17) is 5.41 Å². The van der Waals surface area contributed by atoms with E-state index in [1.54, 1.807) is 34.0 Å². The summed E-state index contributed by atoms with van der Waals surface area (Å²) in [5.74, 6) is 0. The van der Waals surface area contributed by atoms with Gasteiger partial charge in [0.15, 0.2) is 0 Å². The van der Waals surface area contributed by atoms with E-state index in [2.05, 4.69) is 15.5 Å². The molecule has 6 heteroatoms. The minimum absolute atomic E-state index is 0.221. The summed E-state index contributed by atoms with van der Waals surface area (Å²) in [6.45, 7) is 0. The van der Waals surface area contributed by atoms with Gasteiger partial charge in [0.25, 0.3) is 0 Å². The van der Waals surface area contributed by atoms with Gasteiger partial charge in [-0.1, -0.05) is 0 Å². The molecule has 0 radical (unpaired) electrons. The maximum Gasteiger partial charge on any atom is 0.216 e. The van der Waals surface area contributed by atoms with Gasteiger partial charge in [0.1, 0.15) is 0 Å². The molecule has 2 aromatic heterocycles. The standard InChI is InChI=1S/C10H12N6/c11-4-1-5-12-10(15-8-2-6-13-15)16-9-3-7-14-16/h1-12H/b5-1-,11-4?. The Hall–Kier alpha value is -2.37. The van der Waals surface area contributed by atoms with Crippen LogP contribution in [-0.4, -0.2) is 25.8 Å². The lowest BCUT2D eigenvalue weighted by Gasteiger charge is -2.18. The summed E-state index contributed by atoms with van der Waals surface area (Å²) in [4.78, 5) is 0. The van der Waals surface area contributed by atoms with Gasteiger partial charge in [-0.25, -0.2) is 9.36 Å².